The summed E-state index contributed by atoms with van der Waals surface area (Å²) in [6, 6.07) is 5.39. The number of halogens is 1. The van der Waals surface area contributed by atoms with Crippen molar-refractivity contribution in [2.45, 2.75) is 57.7 Å². The number of nitrogens with two attached hydrogens (primary N) is 1. The third kappa shape index (κ3) is 7.27. The van der Waals surface area contributed by atoms with Gasteiger partial charge in [-0.15, -0.1) is 12.4 Å². The highest BCUT2D eigenvalue weighted by Crippen LogP contribution is 2.28. The minimum Gasteiger partial charge on any atom is -0.493 e. The summed E-state index contributed by atoms with van der Waals surface area (Å²) < 4.78 is 10.8. The van der Waals surface area contributed by atoms with Crippen LogP contribution in [0.25, 0.3) is 0 Å². The molecule has 1 aliphatic carbocycles. The van der Waals surface area contributed by atoms with Crippen LogP contribution < -0.4 is 25.8 Å². The Morgan fingerprint density at radius 3 is 2.44 bits per heavy atom. The molecule has 7 nitrogen and oxygen atoms in total. The standard InChI is InChI=1S/C19H29N3O4.ClH/c1-12(2)21-18(23)11-26-16-9-4-13(10-17(16)25-3)19(24)22-15-7-5-14(20)6-8-15;/h4,9-10,12,14-15H,5-8,11,20H2,1-3H3,(H,21,23)(H,22,24);1H. The van der Waals surface area contributed by atoms with Gasteiger partial charge >= 0.3 is 0 Å². The zero-order chi connectivity index (χ0) is 19.1. The molecule has 1 aromatic carbocycles. The van der Waals surface area contributed by atoms with Crippen molar-refractivity contribution in [3.05, 3.63) is 23.8 Å². The molecule has 27 heavy (non-hydrogen) atoms. The summed E-state index contributed by atoms with van der Waals surface area (Å²) >= 11 is 0. The van der Waals surface area contributed by atoms with E-state index in [1.54, 1.807) is 18.2 Å². The van der Waals surface area contributed by atoms with Crippen LogP contribution in [0.3, 0.4) is 0 Å². The van der Waals surface area contributed by atoms with Gasteiger partial charge in [0.25, 0.3) is 11.8 Å². The molecule has 0 radical (unpaired) electrons. The lowest BCUT2D eigenvalue weighted by atomic mass is 9.91. The van der Waals surface area contributed by atoms with Crippen LogP contribution in [-0.4, -0.2) is 43.7 Å². The van der Waals surface area contributed by atoms with E-state index in [2.05, 4.69) is 10.6 Å². The van der Waals surface area contributed by atoms with Crippen molar-refractivity contribution >= 4 is 24.2 Å². The van der Waals surface area contributed by atoms with Crippen molar-refractivity contribution in [2.75, 3.05) is 13.7 Å². The van der Waals surface area contributed by atoms with E-state index in [1.165, 1.54) is 7.11 Å². The molecule has 1 aromatic rings. The lowest BCUT2D eigenvalue weighted by Crippen LogP contribution is -2.40. The van der Waals surface area contributed by atoms with E-state index >= 15 is 0 Å². The minimum absolute atomic E-state index is 0. The van der Waals surface area contributed by atoms with E-state index in [0.717, 1.165) is 25.7 Å². The molecular weight excluding hydrogens is 370 g/mol. The highest BCUT2D eigenvalue weighted by Gasteiger charge is 2.21. The maximum Gasteiger partial charge on any atom is 0.258 e. The first-order valence-corrected chi connectivity index (χ1v) is 9.05. The Balaban J connectivity index is 0.00000364. The van der Waals surface area contributed by atoms with Gasteiger partial charge in [0, 0.05) is 23.7 Å². The van der Waals surface area contributed by atoms with Crippen LogP contribution in [0.2, 0.25) is 0 Å². The quantitative estimate of drug-likeness (QED) is 0.650. The third-order valence-electron chi connectivity index (χ3n) is 4.34. The molecule has 0 atom stereocenters. The number of rotatable bonds is 7. The van der Waals surface area contributed by atoms with Crippen molar-refractivity contribution in [2.24, 2.45) is 5.73 Å². The lowest BCUT2D eigenvalue weighted by molar-refractivity contribution is -0.123. The predicted octanol–water partition coefficient (Wildman–Crippen LogP) is 2.02. The average molecular weight is 400 g/mol. The summed E-state index contributed by atoms with van der Waals surface area (Å²) in [5, 5.41) is 5.79. The van der Waals surface area contributed by atoms with Crippen LogP contribution in [0.5, 0.6) is 11.5 Å². The second-order valence-corrected chi connectivity index (χ2v) is 6.96. The van der Waals surface area contributed by atoms with Crippen molar-refractivity contribution in [3.63, 3.8) is 0 Å². The molecule has 0 spiro atoms. The highest BCUT2D eigenvalue weighted by molar-refractivity contribution is 5.95. The number of ether oxygens (including phenoxy) is 2. The molecule has 0 aliphatic heterocycles. The van der Waals surface area contributed by atoms with Crippen molar-refractivity contribution in [3.8, 4) is 11.5 Å². The highest BCUT2D eigenvalue weighted by atomic mass is 35.5. The largest absolute Gasteiger partial charge is 0.493 e. The first-order chi connectivity index (χ1) is 12.4. The summed E-state index contributed by atoms with van der Waals surface area (Å²) in [6.07, 6.45) is 3.66. The summed E-state index contributed by atoms with van der Waals surface area (Å²) in [6.45, 7) is 3.65. The Labute approximate surface area is 166 Å². The van der Waals surface area contributed by atoms with Gasteiger partial charge in [-0.1, -0.05) is 0 Å². The SMILES string of the molecule is COc1cc(C(=O)NC2CCC(N)CC2)ccc1OCC(=O)NC(C)C.Cl. The fourth-order valence-corrected chi connectivity index (χ4v) is 2.97. The zero-order valence-corrected chi connectivity index (χ0v) is 16.9. The molecule has 4 N–H and O–H groups in total. The van der Waals surface area contributed by atoms with Gasteiger partial charge in [0.15, 0.2) is 18.1 Å². The van der Waals surface area contributed by atoms with Crippen LogP contribution >= 0.6 is 12.4 Å². The number of nitrogens with one attached hydrogen (secondary N) is 2. The number of methoxy groups -OCH3 is 1. The Morgan fingerprint density at radius 1 is 1.19 bits per heavy atom. The molecule has 2 amide bonds. The summed E-state index contributed by atoms with van der Waals surface area (Å²) in [5.41, 5.74) is 6.39. The van der Waals surface area contributed by atoms with E-state index in [1.807, 2.05) is 13.8 Å². The van der Waals surface area contributed by atoms with E-state index in [0.29, 0.717) is 17.1 Å². The Hall–Kier alpha value is -1.99. The van der Waals surface area contributed by atoms with Gasteiger partial charge in [-0.25, -0.2) is 0 Å². The molecule has 1 saturated carbocycles. The molecule has 0 bridgehead atoms. The first-order valence-electron chi connectivity index (χ1n) is 9.05. The maximum atomic E-state index is 12.5. The molecule has 8 heteroatoms. The molecule has 1 aliphatic rings. The second kappa shape index (κ2) is 11.0. The molecular formula is C19H30ClN3O4. The number of benzene rings is 1. The number of hydrogen-bond acceptors (Lipinski definition) is 5. The van der Waals surface area contributed by atoms with Gasteiger partial charge in [-0.3, -0.25) is 9.59 Å². The number of hydrogen-bond donors (Lipinski definition) is 3. The fraction of sp³-hybridized carbons (Fsp3) is 0.579. The second-order valence-electron chi connectivity index (χ2n) is 6.96. The summed E-state index contributed by atoms with van der Waals surface area (Å²) in [5.74, 6) is 0.486. The van der Waals surface area contributed by atoms with E-state index in [4.69, 9.17) is 15.2 Å². The topological polar surface area (TPSA) is 103 Å². The van der Waals surface area contributed by atoms with Crippen LogP contribution in [0.15, 0.2) is 18.2 Å². The minimum atomic E-state index is -0.209. The predicted molar refractivity (Wildman–Crippen MR) is 107 cm³/mol. The van der Waals surface area contributed by atoms with Gasteiger partial charge in [0.05, 0.1) is 7.11 Å². The maximum absolute atomic E-state index is 12.5. The number of carbonyl (C=O) groups is 2. The number of amides is 2. The van der Waals surface area contributed by atoms with E-state index < -0.39 is 0 Å². The smallest absolute Gasteiger partial charge is 0.258 e. The van der Waals surface area contributed by atoms with Crippen LogP contribution in [0.1, 0.15) is 49.9 Å². The van der Waals surface area contributed by atoms with Gasteiger partial charge < -0.3 is 25.8 Å². The zero-order valence-electron chi connectivity index (χ0n) is 16.1. The Bertz CT molecular complexity index is 631. The summed E-state index contributed by atoms with van der Waals surface area (Å²) in [4.78, 5) is 24.2. The van der Waals surface area contributed by atoms with Gasteiger partial charge in [0.1, 0.15) is 0 Å². The van der Waals surface area contributed by atoms with Gasteiger partial charge in [0.2, 0.25) is 0 Å². The van der Waals surface area contributed by atoms with Crippen LogP contribution in [0, 0.1) is 0 Å². The first kappa shape index (κ1) is 23.0. The van der Waals surface area contributed by atoms with Crippen LogP contribution in [0.4, 0.5) is 0 Å². The van der Waals surface area contributed by atoms with E-state index in [9.17, 15) is 9.59 Å². The van der Waals surface area contributed by atoms with Gasteiger partial charge in [-0.05, 0) is 57.7 Å². The van der Waals surface area contributed by atoms with Gasteiger partial charge in [-0.2, -0.15) is 0 Å². The van der Waals surface area contributed by atoms with Crippen molar-refractivity contribution < 1.29 is 19.1 Å². The Kier molecular flexibility index (Phi) is 9.38. The Morgan fingerprint density at radius 2 is 1.85 bits per heavy atom. The molecule has 0 saturated heterocycles. The molecule has 0 unspecified atom stereocenters. The fourth-order valence-electron chi connectivity index (χ4n) is 2.97. The van der Waals surface area contributed by atoms with Crippen LogP contribution in [-0.2, 0) is 4.79 Å². The number of carbonyl (C=O) groups excluding carboxylic acids is 2. The van der Waals surface area contributed by atoms with Crippen molar-refractivity contribution in [1.82, 2.24) is 10.6 Å². The summed E-state index contributed by atoms with van der Waals surface area (Å²) in [7, 11) is 1.50. The molecule has 152 valence electrons. The molecule has 2 rings (SSSR count). The monoisotopic (exact) mass is 399 g/mol. The van der Waals surface area contributed by atoms with Crippen molar-refractivity contribution in [1.29, 1.82) is 0 Å². The van der Waals surface area contributed by atoms with E-state index in [-0.39, 0.29) is 49.0 Å². The third-order valence-corrected chi connectivity index (χ3v) is 4.34. The normalized spacial score (nSPS) is 19.0. The molecule has 0 aromatic heterocycles. The molecule has 1 fully saturated rings. The average Bonchev–Trinajstić information content (AvgIpc) is 2.61. The molecule has 0 heterocycles. The lowest BCUT2D eigenvalue weighted by Gasteiger charge is -2.26.